The van der Waals surface area contributed by atoms with Gasteiger partial charge in [-0.3, -0.25) is 0 Å². The normalized spacial score (nSPS) is 10.1. The molecule has 150 valence electrons. The molecule has 1 heterocycles. The first kappa shape index (κ1) is 20.5. The van der Waals surface area contributed by atoms with Gasteiger partial charge in [-0.05, 0) is 34.0 Å². The second-order valence-corrected chi connectivity index (χ2v) is 7.24. The first-order valence-corrected chi connectivity index (χ1v) is 10.3. The SMILES string of the molecule is Clc1cccc(-c2ccccc2)c1.c1ccc(-c2cnnnc2-c2ccccc2)cc1. The molecule has 0 radical (unpaired) electrons. The van der Waals surface area contributed by atoms with E-state index in [0.29, 0.717) is 0 Å². The summed E-state index contributed by atoms with van der Waals surface area (Å²) in [6.45, 7) is 0. The summed E-state index contributed by atoms with van der Waals surface area (Å²) >= 11 is 5.89. The van der Waals surface area contributed by atoms with Crippen LogP contribution in [0.4, 0.5) is 0 Å². The molecule has 0 aliphatic heterocycles. The maximum Gasteiger partial charge on any atom is 0.104 e. The van der Waals surface area contributed by atoms with Gasteiger partial charge in [-0.25, -0.2) is 0 Å². The minimum atomic E-state index is 0.779. The second kappa shape index (κ2) is 10.3. The number of nitrogens with zero attached hydrogens (tertiary/aromatic N) is 3. The number of halogens is 1. The summed E-state index contributed by atoms with van der Waals surface area (Å²) in [6.07, 6.45) is 1.75. The number of aromatic nitrogens is 3. The Morgan fingerprint density at radius 3 is 1.68 bits per heavy atom. The van der Waals surface area contributed by atoms with E-state index >= 15 is 0 Å². The highest BCUT2D eigenvalue weighted by atomic mass is 35.5. The molecule has 0 N–H and O–H groups in total. The lowest BCUT2D eigenvalue weighted by atomic mass is 10.0. The van der Waals surface area contributed by atoms with Crippen LogP contribution in [0.15, 0.2) is 121 Å². The fraction of sp³-hybridized carbons (Fsp3) is 0. The predicted octanol–water partition coefficient (Wildman–Crippen LogP) is 7.21. The van der Waals surface area contributed by atoms with Crippen LogP contribution in [0.3, 0.4) is 0 Å². The maximum absolute atomic E-state index is 5.89. The predicted molar refractivity (Wildman–Crippen MR) is 128 cm³/mol. The van der Waals surface area contributed by atoms with Crippen molar-refractivity contribution in [3.8, 4) is 33.5 Å². The fourth-order valence-electron chi connectivity index (χ4n) is 3.21. The molecule has 4 heteroatoms. The standard InChI is InChI=1S/C15H11N3.C12H9Cl/c1-3-7-12(8-4-1)14-11-16-18-17-15(14)13-9-5-2-6-10-13;13-12-8-4-7-11(9-12)10-5-2-1-3-6-10/h1-11H;1-9H. The Kier molecular flexibility index (Phi) is 6.78. The average molecular weight is 422 g/mol. The average Bonchev–Trinajstić information content (AvgIpc) is 2.86. The van der Waals surface area contributed by atoms with Gasteiger partial charge < -0.3 is 0 Å². The van der Waals surface area contributed by atoms with Crippen molar-refractivity contribution in [3.63, 3.8) is 0 Å². The van der Waals surface area contributed by atoms with E-state index in [-0.39, 0.29) is 0 Å². The maximum atomic E-state index is 5.89. The van der Waals surface area contributed by atoms with Crippen LogP contribution in [0, 0.1) is 0 Å². The highest BCUT2D eigenvalue weighted by Gasteiger charge is 2.08. The summed E-state index contributed by atoms with van der Waals surface area (Å²) in [6, 6.07) is 38.2. The van der Waals surface area contributed by atoms with Crippen LogP contribution in [0.1, 0.15) is 0 Å². The molecule has 3 nitrogen and oxygen atoms in total. The molecule has 0 unspecified atom stereocenters. The lowest BCUT2D eigenvalue weighted by molar-refractivity contribution is 0.873. The summed E-state index contributed by atoms with van der Waals surface area (Å²) < 4.78 is 0. The number of hydrogen-bond donors (Lipinski definition) is 0. The zero-order valence-corrected chi connectivity index (χ0v) is 17.5. The van der Waals surface area contributed by atoms with Crippen LogP contribution in [0.2, 0.25) is 5.02 Å². The van der Waals surface area contributed by atoms with Gasteiger partial charge in [0, 0.05) is 16.1 Å². The molecule has 5 rings (SSSR count). The Morgan fingerprint density at radius 2 is 1.06 bits per heavy atom. The first-order valence-electron chi connectivity index (χ1n) is 9.91. The highest BCUT2D eigenvalue weighted by molar-refractivity contribution is 6.30. The summed E-state index contributed by atoms with van der Waals surface area (Å²) in [7, 11) is 0. The first-order chi connectivity index (χ1) is 15.3. The van der Waals surface area contributed by atoms with Crippen molar-refractivity contribution in [1.82, 2.24) is 15.4 Å². The largest absolute Gasteiger partial charge is 0.138 e. The van der Waals surface area contributed by atoms with Crippen LogP contribution >= 0.6 is 11.6 Å². The quantitative estimate of drug-likeness (QED) is 0.309. The van der Waals surface area contributed by atoms with Crippen molar-refractivity contribution in [3.05, 3.63) is 126 Å². The van der Waals surface area contributed by atoms with Crippen molar-refractivity contribution in [1.29, 1.82) is 0 Å². The van der Waals surface area contributed by atoms with Gasteiger partial charge in [0.15, 0.2) is 0 Å². The molecule has 0 aliphatic carbocycles. The van der Waals surface area contributed by atoms with E-state index < -0.39 is 0 Å². The van der Waals surface area contributed by atoms with Crippen LogP contribution in [-0.4, -0.2) is 15.4 Å². The minimum absolute atomic E-state index is 0.779. The number of rotatable bonds is 3. The van der Waals surface area contributed by atoms with E-state index in [4.69, 9.17) is 11.6 Å². The Bertz CT molecular complexity index is 1170. The van der Waals surface area contributed by atoms with E-state index in [9.17, 15) is 0 Å². The molecule has 0 saturated heterocycles. The Hall–Kier alpha value is -3.82. The molecule has 0 amide bonds. The number of hydrogen-bond acceptors (Lipinski definition) is 3. The minimum Gasteiger partial charge on any atom is -0.138 e. The summed E-state index contributed by atoms with van der Waals surface area (Å²) in [5.41, 5.74) is 6.36. The van der Waals surface area contributed by atoms with Crippen molar-refractivity contribution < 1.29 is 0 Å². The van der Waals surface area contributed by atoms with Crippen LogP contribution in [0.25, 0.3) is 33.5 Å². The van der Waals surface area contributed by atoms with Gasteiger partial charge in [0.1, 0.15) is 5.69 Å². The molecular weight excluding hydrogens is 402 g/mol. The summed E-state index contributed by atoms with van der Waals surface area (Å²) in [4.78, 5) is 0. The monoisotopic (exact) mass is 421 g/mol. The lowest BCUT2D eigenvalue weighted by Gasteiger charge is -2.06. The van der Waals surface area contributed by atoms with Crippen molar-refractivity contribution >= 4 is 11.6 Å². The molecule has 4 aromatic carbocycles. The molecule has 0 bridgehead atoms. The molecule has 0 atom stereocenters. The Morgan fingerprint density at radius 1 is 0.516 bits per heavy atom. The van der Waals surface area contributed by atoms with E-state index in [1.54, 1.807) is 6.20 Å². The molecular formula is C27H20ClN3. The Labute approximate surface area is 187 Å². The lowest BCUT2D eigenvalue weighted by Crippen LogP contribution is -1.94. The van der Waals surface area contributed by atoms with Gasteiger partial charge in [-0.2, -0.15) is 0 Å². The fourth-order valence-corrected chi connectivity index (χ4v) is 3.40. The summed E-state index contributed by atoms with van der Waals surface area (Å²) in [5, 5.41) is 12.6. The molecule has 0 aliphatic rings. The van der Waals surface area contributed by atoms with Crippen LogP contribution in [-0.2, 0) is 0 Å². The third-order valence-electron chi connectivity index (χ3n) is 4.70. The van der Waals surface area contributed by atoms with Gasteiger partial charge in [-0.1, -0.05) is 115 Å². The molecule has 1 aromatic heterocycles. The number of benzene rings is 4. The van der Waals surface area contributed by atoms with Gasteiger partial charge in [0.25, 0.3) is 0 Å². The zero-order valence-electron chi connectivity index (χ0n) is 16.8. The van der Waals surface area contributed by atoms with E-state index in [0.717, 1.165) is 33.0 Å². The highest BCUT2D eigenvalue weighted by Crippen LogP contribution is 2.28. The van der Waals surface area contributed by atoms with Gasteiger partial charge >= 0.3 is 0 Å². The van der Waals surface area contributed by atoms with E-state index in [2.05, 4.69) is 33.6 Å². The van der Waals surface area contributed by atoms with Crippen molar-refractivity contribution in [2.75, 3.05) is 0 Å². The van der Waals surface area contributed by atoms with Gasteiger partial charge in [0.2, 0.25) is 0 Å². The zero-order chi connectivity index (χ0) is 21.3. The van der Waals surface area contributed by atoms with E-state index in [1.165, 1.54) is 5.56 Å². The topological polar surface area (TPSA) is 38.7 Å². The second-order valence-electron chi connectivity index (χ2n) is 6.80. The molecule has 0 saturated carbocycles. The molecule has 31 heavy (non-hydrogen) atoms. The smallest absolute Gasteiger partial charge is 0.104 e. The van der Waals surface area contributed by atoms with Gasteiger partial charge in [0.05, 0.1) is 6.20 Å². The van der Waals surface area contributed by atoms with Crippen LogP contribution < -0.4 is 0 Å². The third-order valence-corrected chi connectivity index (χ3v) is 4.94. The molecule has 5 aromatic rings. The third kappa shape index (κ3) is 5.41. The Balaban J connectivity index is 0.000000158. The van der Waals surface area contributed by atoms with E-state index in [1.807, 2.05) is 97.1 Å². The van der Waals surface area contributed by atoms with Crippen LogP contribution in [0.5, 0.6) is 0 Å². The molecule has 0 fully saturated rings. The summed E-state index contributed by atoms with van der Waals surface area (Å²) in [5.74, 6) is 0. The van der Waals surface area contributed by atoms with Crippen molar-refractivity contribution in [2.45, 2.75) is 0 Å². The van der Waals surface area contributed by atoms with Gasteiger partial charge in [-0.15, -0.1) is 10.2 Å². The molecule has 0 spiro atoms. The van der Waals surface area contributed by atoms with Crippen molar-refractivity contribution in [2.24, 2.45) is 0 Å².